The molecule has 0 saturated carbocycles. The normalized spacial score (nSPS) is 11.3. The highest BCUT2D eigenvalue weighted by Gasteiger charge is 2.22. The minimum absolute atomic E-state index is 0.0421. The summed E-state index contributed by atoms with van der Waals surface area (Å²) in [5.74, 6) is -1.25. The van der Waals surface area contributed by atoms with Crippen LogP contribution in [0.15, 0.2) is 49.8 Å². The maximum Gasteiger partial charge on any atom is 0.336 e. The molecule has 2 aromatic carbocycles. The van der Waals surface area contributed by atoms with Crippen LogP contribution in [-0.2, 0) is 4.79 Å². The zero-order valence-electron chi connectivity index (χ0n) is 11.3. The van der Waals surface area contributed by atoms with Crippen LogP contribution in [0.5, 0.6) is 0 Å². The van der Waals surface area contributed by atoms with E-state index in [4.69, 9.17) is 0 Å². The van der Waals surface area contributed by atoms with Gasteiger partial charge < -0.3 is 5.11 Å². The van der Waals surface area contributed by atoms with Gasteiger partial charge in [0.15, 0.2) is 0 Å². The molecule has 0 aliphatic rings. The lowest BCUT2D eigenvalue weighted by Gasteiger charge is -2.06. The Hall–Kier alpha value is -1.51. The number of nitro benzene ring substituents is 1. The molecule has 0 radical (unpaired) electrons. The first-order chi connectivity index (χ1) is 10.8. The smallest absolute Gasteiger partial charge is 0.336 e. The van der Waals surface area contributed by atoms with Crippen molar-refractivity contribution in [2.24, 2.45) is 0 Å². The van der Waals surface area contributed by atoms with Crippen molar-refractivity contribution in [3.05, 3.63) is 71.1 Å². The van der Waals surface area contributed by atoms with E-state index in [0.717, 1.165) is 4.47 Å². The molecule has 0 saturated heterocycles. The van der Waals surface area contributed by atoms with Gasteiger partial charge in [-0.1, -0.05) is 53.9 Å². The van der Waals surface area contributed by atoms with Gasteiger partial charge in [0, 0.05) is 19.5 Å². The fourth-order valence-electron chi connectivity index (χ4n) is 1.91. The minimum atomic E-state index is -1.25. The fourth-order valence-corrected chi connectivity index (χ4v) is 3.42. The zero-order valence-corrected chi connectivity index (χ0v) is 16.1. The van der Waals surface area contributed by atoms with Crippen molar-refractivity contribution in [3.8, 4) is 0 Å². The first kappa shape index (κ1) is 17.8. The molecule has 2 aromatic rings. The van der Waals surface area contributed by atoms with Gasteiger partial charge in [-0.15, -0.1) is 0 Å². The Balaban J connectivity index is 2.66. The van der Waals surface area contributed by atoms with E-state index in [0.29, 0.717) is 14.5 Å². The van der Waals surface area contributed by atoms with Gasteiger partial charge in [-0.25, -0.2) is 4.79 Å². The summed E-state index contributed by atoms with van der Waals surface area (Å²) in [6, 6.07) is 9.49. The molecule has 0 fully saturated rings. The monoisotopic (exact) mass is 503 g/mol. The molecule has 0 spiro atoms. The molecule has 1 N–H and O–H groups in total. The predicted octanol–water partition coefficient (Wildman–Crippen LogP) is 5.51. The Morgan fingerprint density at radius 3 is 2.26 bits per heavy atom. The van der Waals surface area contributed by atoms with E-state index in [1.165, 1.54) is 18.2 Å². The van der Waals surface area contributed by atoms with Crippen LogP contribution < -0.4 is 0 Å². The number of rotatable bonds is 4. The molecular weight excluding hydrogens is 498 g/mol. The summed E-state index contributed by atoms with van der Waals surface area (Å²) in [5, 5.41) is 20.7. The van der Waals surface area contributed by atoms with Gasteiger partial charge in [0.25, 0.3) is 5.69 Å². The third kappa shape index (κ3) is 4.27. The summed E-state index contributed by atoms with van der Waals surface area (Å²) in [5.41, 5.74) is 0.205. The summed E-state index contributed by atoms with van der Waals surface area (Å²) in [6.07, 6.45) is 1.40. The average molecular weight is 506 g/mol. The van der Waals surface area contributed by atoms with Crippen LogP contribution >= 0.6 is 47.8 Å². The van der Waals surface area contributed by atoms with Crippen LogP contribution in [0, 0.1) is 10.1 Å². The van der Waals surface area contributed by atoms with Gasteiger partial charge in [-0.3, -0.25) is 10.1 Å². The lowest BCUT2D eigenvalue weighted by atomic mass is 10.0. The van der Waals surface area contributed by atoms with Crippen LogP contribution in [-0.4, -0.2) is 16.0 Å². The number of carboxylic acids is 1. The molecule has 0 aliphatic heterocycles. The first-order valence-electron chi connectivity index (χ1n) is 6.14. The molecule has 0 aromatic heterocycles. The third-order valence-corrected chi connectivity index (χ3v) is 4.61. The fraction of sp³-hybridized carbons (Fsp3) is 0. The van der Waals surface area contributed by atoms with Crippen molar-refractivity contribution in [2.75, 3.05) is 0 Å². The lowest BCUT2D eigenvalue weighted by Crippen LogP contribution is -2.03. The number of benzene rings is 2. The molecule has 0 bridgehead atoms. The Morgan fingerprint density at radius 1 is 1.09 bits per heavy atom. The summed E-state index contributed by atoms with van der Waals surface area (Å²) in [4.78, 5) is 22.2. The first-order valence-corrected chi connectivity index (χ1v) is 8.52. The van der Waals surface area contributed by atoms with Crippen LogP contribution in [0.3, 0.4) is 0 Å². The van der Waals surface area contributed by atoms with Gasteiger partial charge in [0.1, 0.15) is 0 Å². The summed E-state index contributed by atoms with van der Waals surface area (Å²) < 4.78 is 2.00. The highest BCUT2D eigenvalue weighted by Crippen LogP contribution is 2.32. The van der Waals surface area contributed by atoms with Crippen LogP contribution in [0.2, 0.25) is 0 Å². The van der Waals surface area contributed by atoms with Crippen LogP contribution in [0.1, 0.15) is 11.1 Å². The second kappa shape index (κ2) is 7.37. The average Bonchev–Trinajstić information content (AvgIpc) is 2.46. The van der Waals surface area contributed by atoms with E-state index in [2.05, 4.69) is 47.8 Å². The molecule has 0 atom stereocenters. The van der Waals surface area contributed by atoms with Gasteiger partial charge in [-0.2, -0.15) is 0 Å². The van der Waals surface area contributed by atoms with E-state index in [1.807, 2.05) is 0 Å². The predicted molar refractivity (Wildman–Crippen MR) is 98.1 cm³/mol. The summed E-state index contributed by atoms with van der Waals surface area (Å²) in [7, 11) is 0. The Morgan fingerprint density at radius 2 is 1.70 bits per heavy atom. The Kier molecular flexibility index (Phi) is 5.72. The number of carboxylic acid groups (broad SMARTS) is 1. The number of nitrogens with zero attached hydrogens (tertiary/aromatic N) is 1. The molecule has 8 heteroatoms. The van der Waals surface area contributed by atoms with Gasteiger partial charge in [0.2, 0.25) is 0 Å². The second-order valence-electron chi connectivity index (χ2n) is 4.45. The molecule has 0 aliphatic carbocycles. The van der Waals surface area contributed by atoms with Crippen molar-refractivity contribution in [1.82, 2.24) is 0 Å². The number of hydrogen-bond acceptors (Lipinski definition) is 3. The third-order valence-electron chi connectivity index (χ3n) is 2.94. The molecule has 2 rings (SSSR count). The van der Waals surface area contributed by atoms with Gasteiger partial charge >= 0.3 is 5.97 Å². The van der Waals surface area contributed by atoms with Gasteiger partial charge in [-0.05, 0) is 35.9 Å². The van der Waals surface area contributed by atoms with Crippen molar-refractivity contribution >= 4 is 71.1 Å². The van der Waals surface area contributed by atoms with Crippen molar-refractivity contribution in [1.29, 1.82) is 0 Å². The minimum Gasteiger partial charge on any atom is -0.478 e. The largest absolute Gasteiger partial charge is 0.478 e. The number of nitro groups is 1. The summed E-state index contributed by atoms with van der Waals surface area (Å²) >= 11 is 9.81. The number of hydrogen-bond donors (Lipinski definition) is 1. The van der Waals surface area contributed by atoms with Gasteiger partial charge in [0.05, 0.1) is 16.1 Å². The maximum atomic E-state index is 11.6. The van der Waals surface area contributed by atoms with E-state index < -0.39 is 10.9 Å². The van der Waals surface area contributed by atoms with E-state index in [9.17, 15) is 20.0 Å². The Bertz CT molecular complexity index is 833. The molecule has 5 nitrogen and oxygen atoms in total. The molecule has 118 valence electrons. The van der Waals surface area contributed by atoms with E-state index in [1.54, 1.807) is 24.3 Å². The van der Waals surface area contributed by atoms with E-state index in [-0.39, 0.29) is 16.8 Å². The molecule has 23 heavy (non-hydrogen) atoms. The van der Waals surface area contributed by atoms with Crippen LogP contribution in [0.25, 0.3) is 11.6 Å². The number of halogens is 3. The molecule has 0 heterocycles. The standard InChI is InChI=1S/C15H8Br3NO4/c16-9-2-1-8(13(18)6-9)5-12(15(20)21)11-4-3-10(17)7-14(11)19(22)23/h1-7H,(H,20,21)/b12-5-. The van der Waals surface area contributed by atoms with E-state index >= 15 is 0 Å². The molecule has 0 amide bonds. The topological polar surface area (TPSA) is 80.4 Å². The quantitative estimate of drug-likeness (QED) is 0.257. The number of carbonyl (C=O) groups is 1. The van der Waals surface area contributed by atoms with Crippen molar-refractivity contribution < 1.29 is 14.8 Å². The van der Waals surface area contributed by atoms with Crippen molar-refractivity contribution in [3.63, 3.8) is 0 Å². The van der Waals surface area contributed by atoms with Crippen molar-refractivity contribution in [2.45, 2.75) is 0 Å². The maximum absolute atomic E-state index is 11.6. The summed E-state index contributed by atoms with van der Waals surface area (Å²) in [6.45, 7) is 0. The number of aliphatic carboxylic acids is 1. The zero-order chi connectivity index (χ0) is 17.1. The highest BCUT2D eigenvalue weighted by molar-refractivity contribution is 9.11. The molecular formula is C15H8Br3NO4. The Labute approximate surface area is 156 Å². The molecule has 0 unspecified atom stereocenters. The SMILES string of the molecule is O=C(O)/C(=C\c1ccc(Br)cc1Br)c1ccc(Br)cc1[N+](=O)[O-]. The highest BCUT2D eigenvalue weighted by atomic mass is 79.9. The second-order valence-corrected chi connectivity index (χ2v) is 7.13. The lowest BCUT2D eigenvalue weighted by molar-refractivity contribution is -0.385. The van der Waals surface area contributed by atoms with Crippen LogP contribution in [0.4, 0.5) is 5.69 Å².